The molecule has 1 aliphatic carbocycles. The standard InChI is InChI=1S/C18H37N/c1-4-7-10-16(6-3)14-17-11-8-9-12-18(17)15-19-13-5-2/h16-19H,4-15H2,1-3H3. The summed E-state index contributed by atoms with van der Waals surface area (Å²) in [4.78, 5) is 0. The maximum Gasteiger partial charge on any atom is -0.00179 e. The minimum atomic E-state index is 0.968. The van der Waals surface area contributed by atoms with Gasteiger partial charge in [-0.05, 0) is 50.1 Å². The van der Waals surface area contributed by atoms with Crippen LogP contribution in [0.15, 0.2) is 0 Å². The summed E-state index contributed by atoms with van der Waals surface area (Å²) in [5.74, 6) is 2.98. The van der Waals surface area contributed by atoms with Gasteiger partial charge in [-0.15, -0.1) is 0 Å². The largest absolute Gasteiger partial charge is 0.316 e. The average Bonchev–Trinajstić information content (AvgIpc) is 2.45. The summed E-state index contributed by atoms with van der Waals surface area (Å²) in [6.07, 6.45) is 14.4. The lowest BCUT2D eigenvalue weighted by molar-refractivity contribution is 0.184. The Balaban J connectivity index is 2.36. The van der Waals surface area contributed by atoms with Crippen LogP contribution in [0.2, 0.25) is 0 Å². The van der Waals surface area contributed by atoms with E-state index in [9.17, 15) is 0 Å². The van der Waals surface area contributed by atoms with Crippen LogP contribution in [0.4, 0.5) is 0 Å². The van der Waals surface area contributed by atoms with Crippen molar-refractivity contribution >= 4 is 0 Å². The molecule has 0 aromatic rings. The van der Waals surface area contributed by atoms with Crippen molar-refractivity contribution in [2.75, 3.05) is 13.1 Å². The van der Waals surface area contributed by atoms with Gasteiger partial charge in [0.2, 0.25) is 0 Å². The fraction of sp³-hybridized carbons (Fsp3) is 1.00. The molecule has 1 nitrogen and oxygen atoms in total. The van der Waals surface area contributed by atoms with Crippen molar-refractivity contribution in [3.63, 3.8) is 0 Å². The van der Waals surface area contributed by atoms with Crippen molar-refractivity contribution < 1.29 is 0 Å². The van der Waals surface area contributed by atoms with E-state index in [-0.39, 0.29) is 0 Å². The fourth-order valence-corrected chi connectivity index (χ4v) is 3.74. The van der Waals surface area contributed by atoms with Gasteiger partial charge in [-0.1, -0.05) is 65.7 Å². The van der Waals surface area contributed by atoms with Crippen LogP contribution in [0.3, 0.4) is 0 Å². The lowest BCUT2D eigenvalue weighted by Gasteiger charge is -2.34. The number of hydrogen-bond donors (Lipinski definition) is 1. The Hall–Kier alpha value is -0.0400. The van der Waals surface area contributed by atoms with E-state index < -0.39 is 0 Å². The maximum absolute atomic E-state index is 3.67. The highest BCUT2D eigenvalue weighted by Crippen LogP contribution is 2.36. The SMILES string of the molecule is CCCCC(CC)CC1CCCCC1CNCCC. The molecule has 1 fully saturated rings. The molecule has 0 aromatic carbocycles. The first-order valence-corrected chi connectivity index (χ1v) is 9.02. The number of rotatable bonds is 10. The summed E-state index contributed by atoms with van der Waals surface area (Å²) in [6, 6.07) is 0. The predicted molar refractivity (Wildman–Crippen MR) is 86.5 cm³/mol. The van der Waals surface area contributed by atoms with Gasteiger partial charge in [-0.3, -0.25) is 0 Å². The maximum atomic E-state index is 3.67. The molecule has 0 heterocycles. The van der Waals surface area contributed by atoms with E-state index in [0.717, 1.165) is 17.8 Å². The monoisotopic (exact) mass is 267 g/mol. The molecule has 1 rings (SSSR count). The van der Waals surface area contributed by atoms with E-state index in [4.69, 9.17) is 0 Å². The Morgan fingerprint density at radius 3 is 2.37 bits per heavy atom. The molecular weight excluding hydrogens is 230 g/mol. The van der Waals surface area contributed by atoms with Crippen molar-refractivity contribution in [3.8, 4) is 0 Å². The van der Waals surface area contributed by atoms with Gasteiger partial charge in [0.1, 0.15) is 0 Å². The summed E-state index contributed by atoms with van der Waals surface area (Å²) in [6.45, 7) is 9.47. The van der Waals surface area contributed by atoms with E-state index in [1.807, 2.05) is 0 Å². The molecule has 3 unspecified atom stereocenters. The van der Waals surface area contributed by atoms with Crippen LogP contribution in [-0.2, 0) is 0 Å². The Morgan fingerprint density at radius 1 is 1.00 bits per heavy atom. The molecule has 1 aliphatic rings. The van der Waals surface area contributed by atoms with Crippen LogP contribution in [0.1, 0.15) is 85.0 Å². The van der Waals surface area contributed by atoms with E-state index >= 15 is 0 Å². The predicted octanol–water partition coefficient (Wildman–Crippen LogP) is 5.40. The quantitative estimate of drug-likeness (QED) is 0.523. The molecule has 3 atom stereocenters. The third-order valence-electron chi connectivity index (χ3n) is 5.08. The van der Waals surface area contributed by atoms with Crippen molar-refractivity contribution in [2.45, 2.75) is 85.0 Å². The van der Waals surface area contributed by atoms with E-state index in [0.29, 0.717) is 0 Å². The molecule has 0 spiro atoms. The Bertz CT molecular complexity index is 202. The summed E-state index contributed by atoms with van der Waals surface area (Å²) >= 11 is 0. The van der Waals surface area contributed by atoms with Gasteiger partial charge in [0.25, 0.3) is 0 Å². The van der Waals surface area contributed by atoms with Crippen LogP contribution < -0.4 is 5.32 Å². The zero-order valence-electron chi connectivity index (χ0n) is 13.7. The first-order valence-electron chi connectivity index (χ1n) is 9.02. The molecule has 19 heavy (non-hydrogen) atoms. The van der Waals surface area contributed by atoms with Crippen LogP contribution in [0.5, 0.6) is 0 Å². The summed E-state index contributed by atoms with van der Waals surface area (Å²) in [7, 11) is 0. The molecule has 0 radical (unpaired) electrons. The van der Waals surface area contributed by atoms with Crippen LogP contribution in [0, 0.1) is 17.8 Å². The third kappa shape index (κ3) is 6.79. The van der Waals surface area contributed by atoms with Gasteiger partial charge in [-0.25, -0.2) is 0 Å². The van der Waals surface area contributed by atoms with Crippen molar-refractivity contribution in [3.05, 3.63) is 0 Å². The lowest BCUT2D eigenvalue weighted by Crippen LogP contribution is -2.32. The second kappa shape index (κ2) is 10.7. The van der Waals surface area contributed by atoms with E-state index in [1.165, 1.54) is 77.3 Å². The molecule has 0 amide bonds. The van der Waals surface area contributed by atoms with Gasteiger partial charge in [0, 0.05) is 0 Å². The first kappa shape index (κ1) is 17.0. The topological polar surface area (TPSA) is 12.0 Å². The van der Waals surface area contributed by atoms with E-state index in [2.05, 4.69) is 26.1 Å². The third-order valence-corrected chi connectivity index (χ3v) is 5.08. The Morgan fingerprint density at radius 2 is 1.74 bits per heavy atom. The molecule has 0 bridgehead atoms. The summed E-state index contributed by atoms with van der Waals surface area (Å²) < 4.78 is 0. The second-order valence-corrected chi connectivity index (χ2v) is 6.66. The first-order chi connectivity index (χ1) is 9.31. The van der Waals surface area contributed by atoms with Crippen molar-refractivity contribution in [2.24, 2.45) is 17.8 Å². The molecule has 1 heteroatoms. The highest BCUT2D eigenvalue weighted by molar-refractivity contribution is 4.79. The summed E-state index contributed by atoms with van der Waals surface area (Å²) in [5.41, 5.74) is 0. The second-order valence-electron chi connectivity index (χ2n) is 6.66. The van der Waals surface area contributed by atoms with Gasteiger partial charge >= 0.3 is 0 Å². The van der Waals surface area contributed by atoms with Crippen LogP contribution in [-0.4, -0.2) is 13.1 Å². The van der Waals surface area contributed by atoms with Crippen molar-refractivity contribution in [1.82, 2.24) is 5.32 Å². The molecule has 1 N–H and O–H groups in total. The molecule has 114 valence electrons. The number of nitrogens with one attached hydrogen (secondary N) is 1. The highest BCUT2D eigenvalue weighted by atomic mass is 14.9. The van der Waals surface area contributed by atoms with Gasteiger partial charge in [0.15, 0.2) is 0 Å². The lowest BCUT2D eigenvalue weighted by atomic mass is 9.73. The zero-order valence-corrected chi connectivity index (χ0v) is 13.7. The Labute approximate surface area is 121 Å². The van der Waals surface area contributed by atoms with E-state index in [1.54, 1.807) is 0 Å². The van der Waals surface area contributed by atoms with Crippen molar-refractivity contribution in [1.29, 1.82) is 0 Å². The minimum Gasteiger partial charge on any atom is -0.316 e. The normalized spacial score (nSPS) is 25.4. The van der Waals surface area contributed by atoms with Gasteiger partial charge < -0.3 is 5.32 Å². The molecule has 0 saturated heterocycles. The fourth-order valence-electron chi connectivity index (χ4n) is 3.74. The minimum absolute atomic E-state index is 0.968. The average molecular weight is 268 g/mol. The summed E-state index contributed by atoms with van der Waals surface area (Å²) in [5, 5.41) is 3.67. The van der Waals surface area contributed by atoms with Gasteiger partial charge in [0.05, 0.1) is 0 Å². The van der Waals surface area contributed by atoms with Crippen LogP contribution in [0.25, 0.3) is 0 Å². The number of hydrogen-bond acceptors (Lipinski definition) is 1. The number of unbranched alkanes of at least 4 members (excludes halogenated alkanes) is 1. The smallest absolute Gasteiger partial charge is 0.00179 e. The Kier molecular flexibility index (Phi) is 9.59. The van der Waals surface area contributed by atoms with Gasteiger partial charge in [-0.2, -0.15) is 0 Å². The molecular formula is C18H37N. The highest BCUT2D eigenvalue weighted by Gasteiger charge is 2.26. The molecule has 1 saturated carbocycles. The van der Waals surface area contributed by atoms with Crippen LogP contribution >= 0.6 is 0 Å². The molecule has 0 aromatic heterocycles. The molecule has 0 aliphatic heterocycles. The zero-order chi connectivity index (χ0) is 13.9.